The number of hydrogen-bond donors (Lipinski definition) is 2. The van der Waals surface area contributed by atoms with Crippen LogP contribution in [-0.4, -0.2) is 4.98 Å². The van der Waals surface area contributed by atoms with Crippen LogP contribution in [0.5, 0.6) is 0 Å². The van der Waals surface area contributed by atoms with E-state index in [4.69, 9.17) is 5.73 Å². The lowest BCUT2D eigenvalue weighted by Gasteiger charge is -2.08. The summed E-state index contributed by atoms with van der Waals surface area (Å²) in [6.07, 6.45) is 4.14. The molecule has 13 heavy (non-hydrogen) atoms. The number of H-pyrrole nitrogens is 1. The Bertz CT molecular complexity index is 354. The zero-order valence-electron chi connectivity index (χ0n) is 7.71. The van der Waals surface area contributed by atoms with Gasteiger partial charge in [-0.05, 0) is 25.0 Å². The third-order valence-corrected chi connectivity index (χ3v) is 1.96. The quantitative estimate of drug-likeness (QED) is 0.684. The molecule has 0 aliphatic heterocycles. The molecule has 1 rings (SSSR count). The van der Waals surface area contributed by atoms with Gasteiger partial charge in [0.15, 0.2) is 0 Å². The minimum atomic E-state index is -0.0759. The second kappa shape index (κ2) is 4.05. The van der Waals surface area contributed by atoms with Crippen LogP contribution >= 0.6 is 0 Å². The van der Waals surface area contributed by atoms with Crippen LogP contribution < -0.4 is 11.3 Å². The molecular weight excluding hydrogens is 164 g/mol. The number of hydrogen-bond acceptors (Lipinski definition) is 2. The molecule has 0 amide bonds. The summed E-state index contributed by atoms with van der Waals surface area (Å²) in [4.78, 5) is 13.7. The van der Waals surface area contributed by atoms with Gasteiger partial charge in [-0.25, -0.2) is 0 Å². The van der Waals surface area contributed by atoms with Crippen LogP contribution in [0.15, 0.2) is 29.7 Å². The van der Waals surface area contributed by atoms with E-state index in [1.807, 2.05) is 6.07 Å². The van der Waals surface area contributed by atoms with Gasteiger partial charge in [-0.15, -0.1) is 6.58 Å². The molecule has 0 saturated carbocycles. The highest BCUT2D eigenvalue weighted by Gasteiger charge is 2.04. The normalized spacial score (nSPS) is 12.5. The van der Waals surface area contributed by atoms with Gasteiger partial charge >= 0.3 is 0 Å². The van der Waals surface area contributed by atoms with Crippen molar-refractivity contribution in [3.8, 4) is 0 Å². The number of aryl methyl sites for hydroxylation is 1. The molecular formula is C10H14N2O. The van der Waals surface area contributed by atoms with Crippen molar-refractivity contribution in [3.05, 3.63) is 46.4 Å². The van der Waals surface area contributed by atoms with Crippen LogP contribution in [0, 0.1) is 6.92 Å². The van der Waals surface area contributed by atoms with E-state index >= 15 is 0 Å². The van der Waals surface area contributed by atoms with Crippen molar-refractivity contribution in [2.75, 3.05) is 0 Å². The van der Waals surface area contributed by atoms with Gasteiger partial charge < -0.3 is 10.7 Å². The Hall–Kier alpha value is -1.35. The molecule has 70 valence electrons. The van der Waals surface area contributed by atoms with Crippen molar-refractivity contribution in [1.82, 2.24) is 4.98 Å². The van der Waals surface area contributed by atoms with Crippen LogP contribution in [-0.2, 0) is 0 Å². The number of rotatable bonds is 3. The molecule has 0 saturated heterocycles. The van der Waals surface area contributed by atoms with Crippen molar-refractivity contribution >= 4 is 0 Å². The molecule has 1 aromatic heterocycles. The fraction of sp³-hybridized carbons (Fsp3) is 0.300. The van der Waals surface area contributed by atoms with E-state index in [-0.39, 0.29) is 11.6 Å². The Labute approximate surface area is 77.3 Å². The fourth-order valence-electron chi connectivity index (χ4n) is 1.15. The summed E-state index contributed by atoms with van der Waals surface area (Å²) < 4.78 is 0. The summed E-state index contributed by atoms with van der Waals surface area (Å²) >= 11 is 0. The predicted molar refractivity (Wildman–Crippen MR) is 53.5 cm³/mol. The molecule has 0 fully saturated rings. The van der Waals surface area contributed by atoms with Crippen molar-refractivity contribution in [2.45, 2.75) is 19.4 Å². The molecule has 3 heteroatoms. The number of pyridine rings is 1. The average Bonchev–Trinajstić information content (AvgIpc) is 2.10. The number of nitrogens with one attached hydrogen (secondary N) is 1. The lowest BCUT2D eigenvalue weighted by Crippen LogP contribution is -2.14. The smallest absolute Gasteiger partial charge is 0.250 e. The first-order valence-electron chi connectivity index (χ1n) is 4.21. The van der Waals surface area contributed by atoms with E-state index in [9.17, 15) is 4.79 Å². The summed E-state index contributed by atoms with van der Waals surface area (Å²) in [6, 6.07) is 1.74. The van der Waals surface area contributed by atoms with E-state index < -0.39 is 0 Å². The van der Waals surface area contributed by atoms with Gasteiger partial charge in [0, 0.05) is 17.8 Å². The number of nitrogens with two attached hydrogens (primary N) is 1. The van der Waals surface area contributed by atoms with Gasteiger partial charge in [-0.2, -0.15) is 0 Å². The second-order valence-corrected chi connectivity index (χ2v) is 3.08. The Morgan fingerprint density at radius 3 is 3.00 bits per heavy atom. The van der Waals surface area contributed by atoms with Crippen molar-refractivity contribution in [1.29, 1.82) is 0 Å². The zero-order chi connectivity index (χ0) is 9.84. The SMILES string of the molecule is C=CCC(N)c1c[nH]c(=O)c(C)c1. The maximum Gasteiger partial charge on any atom is 0.250 e. The Morgan fingerprint density at radius 2 is 2.46 bits per heavy atom. The maximum absolute atomic E-state index is 11.0. The highest BCUT2D eigenvalue weighted by atomic mass is 16.1. The molecule has 0 aliphatic rings. The topological polar surface area (TPSA) is 58.9 Å². The van der Waals surface area contributed by atoms with Gasteiger partial charge in [-0.3, -0.25) is 4.79 Å². The fourth-order valence-corrected chi connectivity index (χ4v) is 1.15. The van der Waals surface area contributed by atoms with E-state index in [0.29, 0.717) is 12.0 Å². The summed E-state index contributed by atoms with van der Waals surface area (Å²) in [5.41, 5.74) is 7.40. The van der Waals surface area contributed by atoms with E-state index in [1.54, 1.807) is 19.2 Å². The maximum atomic E-state index is 11.0. The van der Waals surface area contributed by atoms with Gasteiger partial charge in [0.1, 0.15) is 0 Å². The van der Waals surface area contributed by atoms with Gasteiger partial charge in [0.2, 0.25) is 0 Å². The molecule has 1 unspecified atom stereocenters. The molecule has 0 aliphatic carbocycles. The van der Waals surface area contributed by atoms with Crippen LogP contribution in [0.2, 0.25) is 0 Å². The van der Waals surface area contributed by atoms with E-state index in [0.717, 1.165) is 5.56 Å². The third kappa shape index (κ3) is 2.29. The highest BCUT2D eigenvalue weighted by molar-refractivity contribution is 5.20. The molecule has 0 bridgehead atoms. The summed E-state index contributed by atoms with van der Waals surface area (Å²) in [5, 5.41) is 0. The standard InChI is InChI=1S/C10H14N2O/c1-3-4-9(11)8-5-7(2)10(13)12-6-8/h3,5-6,9H,1,4,11H2,2H3,(H,12,13). The van der Waals surface area contributed by atoms with E-state index in [2.05, 4.69) is 11.6 Å². The lowest BCUT2D eigenvalue weighted by molar-refractivity contribution is 0.735. The third-order valence-electron chi connectivity index (χ3n) is 1.96. The summed E-state index contributed by atoms with van der Waals surface area (Å²) in [7, 11) is 0. The predicted octanol–water partition coefficient (Wildman–Crippen LogP) is 1.26. The van der Waals surface area contributed by atoms with Crippen molar-refractivity contribution < 1.29 is 0 Å². The zero-order valence-corrected chi connectivity index (χ0v) is 7.71. The van der Waals surface area contributed by atoms with Gasteiger partial charge in [0.05, 0.1) is 0 Å². The minimum absolute atomic E-state index is 0.0606. The molecule has 3 nitrogen and oxygen atoms in total. The Balaban J connectivity index is 2.96. The van der Waals surface area contributed by atoms with Gasteiger partial charge in [0.25, 0.3) is 5.56 Å². The van der Waals surface area contributed by atoms with E-state index in [1.165, 1.54) is 0 Å². The first-order chi connectivity index (χ1) is 6.15. The monoisotopic (exact) mass is 178 g/mol. The summed E-state index contributed by atoms with van der Waals surface area (Å²) in [5.74, 6) is 0. The minimum Gasteiger partial charge on any atom is -0.329 e. The number of aromatic amines is 1. The van der Waals surface area contributed by atoms with Crippen molar-refractivity contribution in [2.24, 2.45) is 5.73 Å². The van der Waals surface area contributed by atoms with Crippen LogP contribution in [0.25, 0.3) is 0 Å². The lowest BCUT2D eigenvalue weighted by atomic mass is 10.1. The first-order valence-corrected chi connectivity index (χ1v) is 4.21. The number of aromatic nitrogens is 1. The Kier molecular flexibility index (Phi) is 3.03. The first kappa shape index (κ1) is 9.74. The van der Waals surface area contributed by atoms with Crippen LogP contribution in [0.1, 0.15) is 23.6 Å². The molecule has 3 N–H and O–H groups in total. The molecule has 1 heterocycles. The molecule has 1 atom stereocenters. The largest absolute Gasteiger partial charge is 0.329 e. The van der Waals surface area contributed by atoms with Crippen LogP contribution in [0.4, 0.5) is 0 Å². The Morgan fingerprint density at radius 1 is 1.77 bits per heavy atom. The molecule has 1 aromatic rings. The molecule has 0 spiro atoms. The highest BCUT2D eigenvalue weighted by Crippen LogP contribution is 2.12. The van der Waals surface area contributed by atoms with Gasteiger partial charge in [-0.1, -0.05) is 6.08 Å². The second-order valence-electron chi connectivity index (χ2n) is 3.08. The average molecular weight is 178 g/mol. The summed E-state index contributed by atoms with van der Waals surface area (Å²) in [6.45, 7) is 5.38. The molecule has 0 radical (unpaired) electrons. The molecule has 0 aromatic carbocycles. The van der Waals surface area contributed by atoms with Crippen molar-refractivity contribution in [3.63, 3.8) is 0 Å². The van der Waals surface area contributed by atoms with Crippen LogP contribution in [0.3, 0.4) is 0 Å².